The van der Waals surface area contributed by atoms with Crippen LogP contribution in [0.15, 0.2) is 17.0 Å². The topological polar surface area (TPSA) is 46.1 Å². The fourth-order valence-electron chi connectivity index (χ4n) is 1.88. The van der Waals surface area contributed by atoms with Crippen LogP contribution in [0.3, 0.4) is 0 Å². The van der Waals surface area contributed by atoms with Crippen LogP contribution in [-0.2, 0) is 4.79 Å². The summed E-state index contributed by atoms with van der Waals surface area (Å²) in [7, 11) is 0. The Bertz CT molecular complexity index is 358. The van der Waals surface area contributed by atoms with Crippen molar-refractivity contribution in [3.63, 3.8) is 0 Å². The van der Waals surface area contributed by atoms with Crippen LogP contribution in [-0.4, -0.2) is 28.8 Å². The van der Waals surface area contributed by atoms with Gasteiger partial charge in [-0.05, 0) is 35.2 Å². The third kappa shape index (κ3) is 2.17. The number of carbonyl (C=O) groups excluding carboxylic acids is 1. The average molecular weight is 270 g/mol. The largest absolute Gasteiger partial charge is 0.346 e. The van der Waals surface area contributed by atoms with E-state index in [-0.39, 0.29) is 6.04 Å². The molecule has 1 aliphatic rings. The van der Waals surface area contributed by atoms with Crippen molar-refractivity contribution in [3.8, 4) is 0 Å². The molecule has 1 atom stereocenters. The van der Waals surface area contributed by atoms with E-state index in [1.54, 1.807) is 6.20 Å². The molecule has 5 heteroatoms. The Morgan fingerprint density at radius 3 is 3.13 bits per heavy atom. The van der Waals surface area contributed by atoms with Crippen LogP contribution < -0.4 is 4.90 Å². The number of hydrogen-bond donors (Lipinski definition) is 0. The van der Waals surface area contributed by atoms with Crippen LogP contribution >= 0.6 is 15.9 Å². The smallest absolute Gasteiger partial charge is 0.146 e. The molecule has 1 aliphatic heterocycles. The number of rotatable bonds is 2. The summed E-state index contributed by atoms with van der Waals surface area (Å²) in [4.78, 5) is 21.1. The number of aromatic nitrogens is 2. The molecule has 0 aromatic carbocycles. The van der Waals surface area contributed by atoms with E-state index in [4.69, 9.17) is 0 Å². The zero-order chi connectivity index (χ0) is 10.7. The van der Waals surface area contributed by atoms with Crippen molar-refractivity contribution in [2.24, 2.45) is 0 Å². The Morgan fingerprint density at radius 1 is 1.53 bits per heavy atom. The summed E-state index contributed by atoms with van der Waals surface area (Å²) >= 11 is 3.41. The van der Waals surface area contributed by atoms with Crippen LogP contribution in [0, 0.1) is 0 Å². The lowest BCUT2D eigenvalue weighted by Gasteiger charge is -2.33. The molecule has 80 valence electrons. The third-order valence-corrected chi connectivity index (χ3v) is 3.19. The highest BCUT2D eigenvalue weighted by atomic mass is 79.9. The molecular weight excluding hydrogens is 258 g/mol. The van der Waals surface area contributed by atoms with Gasteiger partial charge in [-0.25, -0.2) is 9.97 Å². The summed E-state index contributed by atoms with van der Waals surface area (Å²) in [5.41, 5.74) is 0. The van der Waals surface area contributed by atoms with Gasteiger partial charge in [0.25, 0.3) is 0 Å². The number of halogens is 1. The van der Waals surface area contributed by atoms with Gasteiger partial charge in [0.15, 0.2) is 0 Å². The van der Waals surface area contributed by atoms with Crippen LogP contribution in [0.5, 0.6) is 0 Å². The first-order valence-corrected chi connectivity index (χ1v) is 5.79. The molecule has 4 nitrogen and oxygen atoms in total. The molecule has 2 rings (SSSR count). The van der Waals surface area contributed by atoms with E-state index in [1.165, 1.54) is 6.33 Å². The number of nitrogens with zero attached hydrogens (tertiary/aromatic N) is 3. The van der Waals surface area contributed by atoms with Crippen molar-refractivity contribution in [1.82, 2.24) is 9.97 Å². The van der Waals surface area contributed by atoms with E-state index in [2.05, 4.69) is 25.9 Å². The Hall–Kier alpha value is -0.970. The van der Waals surface area contributed by atoms with Crippen molar-refractivity contribution in [2.45, 2.75) is 25.3 Å². The maximum Gasteiger partial charge on any atom is 0.146 e. The molecular formula is C10H12BrN3O. The molecule has 0 radical (unpaired) electrons. The van der Waals surface area contributed by atoms with Gasteiger partial charge in [-0.1, -0.05) is 0 Å². The first-order chi connectivity index (χ1) is 7.33. The number of hydrogen-bond acceptors (Lipinski definition) is 4. The molecule has 15 heavy (non-hydrogen) atoms. The summed E-state index contributed by atoms with van der Waals surface area (Å²) in [6.07, 6.45) is 7.37. The van der Waals surface area contributed by atoms with E-state index in [0.717, 1.165) is 42.4 Å². The molecule has 0 amide bonds. The summed E-state index contributed by atoms with van der Waals surface area (Å²) in [6, 6.07) is -0.0371. The normalized spacial score (nSPS) is 21.4. The Labute approximate surface area is 96.8 Å². The SMILES string of the molecule is O=CC1CCCCN1c1ncncc1Br. The molecule has 0 N–H and O–H groups in total. The Morgan fingerprint density at radius 2 is 2.40 bits per heavy atom. The summed E-state index contributed by atoms with van der Waals surface area (Å²) < 4.78 is 0.846. The summed E-state index contributed by atoms with van der Waals surface area (Å²) in [6.45, 7) is 0.888. The Kier molecular flexibility index (Phi) is 3.30. The van der Waals surface area contributed by atoms with Crippen molar-refractivity contribution in [1.29, 1.82) is 0 Å². The van der Waals surface area contributed by atoms with Gasteiger partial charge in [-0.15, -0.1) is 0 Å². The van der Waals surface area contributed by atoms with Gasteiger partial charge in [0.2, 0.25) is 0 Å². The minimum absolute atomic E-state index is 0.0371. The molecule has 1 aromatic heterocycles. The van der Waals surface area contributed by atoms with Crippen molar-refractivity contribution < 1.29 is 4.79 Å². The van der Waals surface area contributed by atoms with Crippen LogP contribution in [0.1, 0.15) is 19.3 Å². The molecule has 1 saturated heterocycles. The lowest BCUT2D eigenvalue weighted by molar-refractivity contribution is -0.109. The van der Waals surface area contributed by atoms with E-state index < -0.39 is 0 Å². The maximum atomic E-state index is 11.0. The second-order valence-corrected chi connectivity index (χ2v) is 4.44. The zero-order valence-electron chi connectivity index (χ0n) is 8.27. The molecule has 0 aliphatic carbocycles. The van der Waals surface area contributed by atoms with E-state index in [0.29, 0.717) is 0 Å². The highest BCUT2D eigenvalue weighted by Gasteiger charge is 2.24. The number of carbonyl (C=O) groups is 1. The van der Waals surface area contributed by atoms with Crippen molar-refractivity contribution >= 4 is 28.0 Å². The monoisotopic (exact) mass is 269 g/mol. The number of anilines is 1. The zero-order valence-corrected chi connectivity index (χ0v) is 9.85. The second-order valence-electron chi connectivity index (χ2n) is 3.59. The fourth-order valence-corrected chi connectivity index (χ4v) is 2.33. The predicted molar refractivity (Wildman–Crippen MR) is 60.8 cm³/mol. The van der Waals surface area contributed by atoms with E-state index >= 15 is 0 Å². The quantitative estimate of drug-likeness (QED) is 0.769. The predicted octanol–water partition coefficient (Wildman–Crippen LogP) is 1.80. The van der Waals surface area contributed by atoms with E-state index in [9.17, 15) is 4.79 Å². The van der Waals surface area contributed by atoms with Crippen LogP contribution in [0.25, 0.3) is 0 Å². The highest BCUT2D eigenvalue weighted by molar-refractivity contribution is 9.10. The second kappa shape index (κ2) is 4.70. The van der Waals surface area contributed by atoms with Gasteiger partial charge < -0.3 is 9.69 Å². The number of piperidine rings is 1. The average Bonchev–Trinajstić information content (AvgIpc) is 2.30. The molecule has 1 aromatic rings. The van der Waals surface area contributed by atoms with Gasteiger partial charge in [0.05, 0.1) is 10.5 Å². The van der Waals surface area contributed by atoms with Gasteiger partial charge in [-0.2, -0.15) is 0 Å². The van der Waals surface area contributed by atoms with Crippen molar-refractivity contribution in [2.75, 3.05) is 11.4 Å². The molecule has 0 saturated carbocycles. The van der Waals surface area contributed by atoms with E-state index in [1.807, 2.05) is 4.90 Å². The lowest BCUT2D eigenvalue weighted by Crippen LogP contribution is -2.41. The molecule has 1 fully saturated rings. The molecule has 1 unspecified atom stereocenters. The van der Waals surface area contributed by atoms with Gasteiger partial charge in [0, 0.05) is 12.7 Å². The molecule has 0 spiro atoms. The van der Waals surface area contributed by atoms with Crippen LogP contribution in [0.2, 0.25) is 0 Å². The third-order valence-electron chi connectivity index (χ3n) is 2.63. The van der Waals surface area contributed by atoms with Gasteiger partial charge >= 0.3 is 0 Å². The lowest BCUT2D eigenvalue weighted by atomic mass is 10.0. The first-order valence-electron chi connectivity index (χ1n) is 5.00. The summed E-state index contributed by atoms with van der Waals surface area (Å²) in [5, 5.41) is 0. The minimum atomic E-state index is -0.0371. The maximum absolute atomic E-state index is 11.0. The van der Waals surface area contributed by atoms with Crippen molar-refractivity contribution in [3.05, 3.63) is 17.0 Å². The summed E-state index contributed by atoms with van der Waals surface area (Å²) in [5.74, 6) is 0.821. The standard InChI is InChI=1S/C10H12BrN3O/c11-9-5-12-7-13-10(9)14-4-2-1-3-8(14)6-15/h5-8H,1-4H2. The number of aldehydes is 1. The van der Waals surface area contributed by atoms with Crippen LogP contribution in [0.4, 0.5) is 5.82 Å². The Balaban J connectivity index is 2.28. The first kappa shape index (κ1) is 10.5. The van der Waals surface area contributed by atoms with Gasteiger partial charge in [0.1, 0.15) is 18.4 Å². The molecule has 2 heterocycles. The highest BCUT2D eigenvalue weighted by Crippen LogP contribution is 2.27. The van der Waals surface area contributed by atoms with Gasteiger partial charge in [-0.3, -0.25) is 0 Å². The minimum Gasteiger partial charge on any atom is -0.346 e. The molecule has 0 bridgehead atoms. The fraction of sp³-hybridized carbons (Fsp3) is 0.500.